The largest absolute Gasteiger partial charge is 0.464 e. The molecule has 0 saturated heterocycles. The highest BCUT2D eigenvalue weighted by Crippen LogP contribution is 2.18. The summed E-state index contributed by atoms with van der Waals surface area (Å²) in [6.07, 6.45) is 3.30. The molecule has 2 aromatic rings. The van der Waals surface area contributed by atoms with Gasteiger partial charge in [0.1, 0.15) is 0 Å². The van der Waals surface area contributed by atoms with Crippen LogP contribution >= 0.6 is 11.6 Å². The molecule has 1 aromatic heterocycles. The highest BCUT2D eigenvalue weighted by Gasteiger charge is 2.11. The van der Waals surface area contributed by atoms with Crippen molar-refractivity contribution in [1.29, 1.82) is 0 Å². The second-order valence-corrected chi connectivity index (χ2v) is 4.87. The molecule has 0 radical (unpaired) electrons. The number of benzene rings is 1. The number of ether oxygens (including phenoxy) is 1. The molecule has 2 rings (SSSR count). The standard InChI is InChI=1S/C15H17ClN2O2/c1-3-5-9-20-15-17-13-7-6-11(16)10-12(13)14(19)18(15)8-4-2/h3,6-7,10H,1,4-5,8-9H2,2H3. The lowest BCUT2D eigenvalue weighted by molar-refractivity contribution is 0.278. The zero-order valence-corrected chi connectivity index (χ0v) is 12.2. The minimum atomic E-state index is -0.118. The Labute approximate surface area is 122 Å². The summed E-state index contributed by atoms with van der Waals surface area (Å²) in [6, 6.07) is 5.45. The predicted molar refractivity (Wildman–Crippen MR) is 81.6 cm³/mol. The molecule has 0 aliphatic heterocycles. The second kappa shape index (κ2) is 6.57. The van der Waals surface area contributed by atoms with E-state index in [2.05, 4.69) is 11.6 Å². The maximum atomic E-state index is 12.5. The smallest absolute Gasteiger partial charge is 0.299 e. The monoisotopic (exact) mass is 292 g/mol. The molecular weight excluding hydrogens is 276 g/mol. The van der Waals surface area contributed by atoms with Crippen LogP contribution in [0.4, 0.5) is 0 Å². The van der Waals surface area contributed by atoms with Crippen molar-refractivity contribution in [1.82, 2.24) is 9.55 Å². The molecule has 0 atom stereocenters. The summed E-state index contributed by atoms with van der Waals surface area (Å²) < 4.78 is 7.15. The van der Waals surface area contributed by atoms with Crippen LogP contribution in [0.2, 0.25) is 5.02 Å². The van der Waals surface area contributed by atoms with Gasteiger partial charge < -0.3 is 4.74 Å². The van der Waals surface area contributed by atoms with Crippen LogP contribution in [0.25, 0.3) is 10.9 Å². The van der Waals surface area contributed by atoms with Gasteiger partial charge in [0.15, 0.2) is 0 Å². The fraction of sp³-hybridized carbons (Fsp3) is 0.333. The minimum Gasteiger partial charge on any atom is -0.464 e. The Balaban J connectivity index is 2.54. The number of halogens is 1. The first kappa shape index (κ1) is 14.6. The number of fused-ring (bicyclic) bond motifs is 1. The first-order valence-corrected chi connectivity index (χ1v) is 6.99. The highest BCUT2D eigenvalue weighted by molar-refractivity contribution is 6.31. The summed E-state index contributed by atoms with van der Waals surface area (Å²) in [6.45, 7) is 6.67. The van der Waals surface area contributed by atoms with Crippen LogP contribution < -0.4 is 10.3 Å². The first-order valence-electron chi connectivity index (χ1n) is 6.61. The number of aromatic nitrogens is 2. The van der Waals surface area contributed by atoms with Gasteiger partial charge in [-0.05, 0) is 31.0 Å². The summed E-state index contributed by atoms with van der Waals surface area (Å²) in [5.74, 6) is 0. The Hall–Kier alpha value is -1.81. The van der Waals surface area contributed by atoms with Crippen LogP contribution in [-0.2, 0) is 6.54 Å². The van der Waals surface area contributed by atoms with Crippen molar-refractivity contribution in [2.45, 2.75) is 26.3 Å². The molecule has 0 N–H and O–H groups in total. The van der Waals surface area contributed by atoms with E-state index in [0.717, 1.165) is 6.42 Å². The van der Waals surface area contributed by atoms with Crippen molar-refractivity contribution in [3.63, 3.8) is 0 Å². The van der Waals surface area contributed by atoms with E-state index >= 15 is 0 Å². The second-order valence-electron chi connectivity index (χ2n) is 4.44. The van der Waals surface area contributed by atoms with E-state index in [1.165, 1.54) is 0 Å². The van der Waals surface area contributed by atoms with E-state index in [-0.39, 0.29) is 5.56 Å². The predicted octanol–water partition coefficient (Wildman–Crippen LogP) is 3.41. The molecule has 0 spiro atoms. The van der Waals surface area contributed by atoms with Crippen LogP contribution in [0, 0.1) is 0 Å². The maximum absolute atomic E-state index is 12.5. The van der Waals surface area contributed by atoms with Gasteiger partial charge in [-0.3, -0.25) is 9.36 Å². The number of nitrogens with zero attached hydrogens (tertiary/aromatic N) is 2. The highest BCUT2D eigenvalue weighted by atomic mass is 35.5. The molecule has 0 aliphatic carbocycles. The Kier molecular flexibility index (Phi) is 4.79. The maximum Gasteiger partial charge on any atom is 0.299 e. The molecule has 4 nitrogen and oxygen atoms in total. The van der Waals surface area contributed by atoms with Crippen molar-refractivity contribution in [2.75, 3.05) is 6.61 Å². The van der Waals surface area contributed by atoms with Crippen molar-refractivity contribution in [2.24, 2.45) is 0 Å². The normalized spacial score (nSPS) is 10.7. The van der Waals surface area contributed by atoms with Gasteiger partial charge in [-0.25, -0.2) is 0 Å². The molecular formula is C15H17ClN2O2. The van der Waals surface area contributed by atoms with Crippen LogP contribution in [0.5, 0.6) is 6.01 Å². The van der Waals surface area contributed by atoms with Crippen LogP contribution in [0.1, 0.15) is 19.8 Å². The number of hydrogen-bond acceptors (Lipinski definition) is 3. The molecule has 20 heavy (non-hydrogen) atoms. The topological polar surface area (TPSA) is 44.1 Å². The van der Waals surface area contributed by atoms with E-state index in [9.17, 15) is 4.79 Å². The zero-order valence-electron chi connectivity index (χ0n) is 11.4. The van der Waals surface area contributed by atoms with Crippen molar-refractivity contribution >= 4 is 22.5 Å². The lowest BCUT2D eigenvalue weighted by atomic mass is 10.2. The third-order valence-electron chi connectivity index (χ3n) is 2.88. The van der Waals surface area contributed by atoms with Gasteiger partial charge in [0.2, 0.25) is 0 Å². The third-order valence-corrected chi connectivity index (χ3v) is 3.12. The van der Waals surface area contributed by atoms with Gasteiger partial charge in [-0.1, -0.05) is 24.6 Å². The first-order chi connectivity index (χ1) is 9.67. The van der Waals surface area contributed by atoms with Crippen molar-refractivity contribution in [3.8, 4) is 6.01 Å². The lowest BCUT2D eigenvalue weighted by Gasteiger charge is -2.13. The quantitative estimate of drug-likeness (QED) is 0.605. The average molecular weight is 293 g/mol. The van der Waals surface area contributed by atoms with Crippen LogP contribution in [0.3, 0.4) is 0 Å². The van der Waals surface area contributed by atoms with Crippen molar-refractivity contribution < 1.29 is 4.74 Å². The minimum absolute atomic E-state index is 0.118. The SMILES string of the molecule is C=CCCOc1nc2ccc(Cl)cc2c(=O)n1CCC. The Bertz CT molecular complexity index is 679. The van der Waals surface area contributed by atoms with Crippen LogP contribution in [0.15, 0.2) is 35.6 Å². The molecule has 0 bridgehead atoms. The Morgan fingerprint density at radius 2 is 2.30 bits per heavy atom. The van der Waals surface area contributed by atoms with Gasteiger partial charge in [0.05, 0.1) is 17.5 Å². The molecule has 0 unspecified atom stereocenters. The van der Waals surface area contributed by atoms with E-state index in [1.54, 1.807) is 28.8 Å². The molecule has 0 saturated carbocycles. The molecule has 0 aliphatic rings. The lowest BCUT2D eigenvalue weighted by Crippen LogP contribution is -2.24. The Morgan fingerprint density at radius 1 is 1.50 bits per heavy atom. The molecule has 1 aromatic carbocycles. The van der Waals surface area contributed by atoms with E-state index < -0.39 is 0 Å². The van der Waals surface area contributed by atoms with E-state index in [0.29, 0.717) is 41.5 Å². The summed E-state index contributed by atoms with van der Waals surface area (Å²) in [4.78, 5) is 16.9. The van der Waals surface area contributed by atoms with E-state index in [1.807, 2.05) is 6.92 Å². The number of rotatable bonds is 6. The van der Waals surface area contributed by atoms with Gasteiger partial charge >= 0.3 is 0 Å². The van der Waals surface area contributed by atoms with Gasteiger partial charge in [-0.15, -0.1) is 6.58 Å². The molecule has 1 heterocycles. The zero-order chi connectivity index (χ0) is 14.5. The third kappa shape index (κ3) is 3.02. The molecule has 106 valence electrons. The average Bonchev–Trinajstić information content (AvgIpc) is 2.44. The van der Waals surface area contributed by atoms with Gasteiger partial charge in [0.25, 0.3) is 11.6 Å². The van der Waals surface area contributed by atoms with Gasteiger partial charge in [-0.2, -0.15) is 4.98 Å². The summed E-state index contributed by atoms with van der Waals surface area (Å²) in [7, 11) is 0. The molecule has 0 fully saturated rings. The summed E-state index contributed by atoms with van der Waals surface area (Å²) in [5.41, 5.74) is 0.480. The van der Waals surface area contributed by atoms with E-state index in [4.69, 9.17) is 16.3 Å². The van der Waals surface area contributed by atoms with Crippen molar-refractivity contribution in [3.05, 3.63) is 46.2 Å². The number of hydrogen-bond donors (Lipinski definition) is 0. The summed E-state index contributed by atoms with van der Waals surface area (Å²) in [5, 5.41) is 1.04. The Morgan fingerprint density at radius 3 is 3.00 bits per heavy atom. The molecule has 0 amide bonds. The van der Waals surface area contributed by atoms with Gasteiger partial charge in [0, 0.05) is 11.6 Å². The fourth-order valence-electron chi connectivity index (χ4n) is 1.94. The fourth-order valence-corrected chi connectivity index (χ4v) is 2.11. The molecule has 5 heteroatoms. The van der Waals surface area contributed by atoms with Crippen LogP contribution in [-0.4, -0.2) is 16.2 Å². The summed E-state index contributed by atoms with van der Waals surface area (Å²) >= 11 is 5.94.